The van der Waals surface area contributed by atoms with Crippen LogP contribution in [-0.4, -0.2) is 27.4 Å². The Morgan fingerprint density at radius 3 is 2.35 bits per heavy atom. The molecule has 2 aromatic rings. The van der Waals surface area contributed by atoms with Crippen molar-refractivity contribution in [3.05, 3.63) is 53.6 Å². The molecular weight excluding hydrogens is 260 g/mol. The third-order valence-corrected chi connectivity index (χ3v) is 2.51. The highest BCUT2D eigenvalue weighted by Crippen LogP contribution is 2.19. The minimum absolute atomic E-state index is 0.0193. The predicted molar refractivity (Wildman–Crippen MR) is 72.9 cm³/mol. The van der Waals surface area contributed by atoms with Crippen LogP contribution in [0, 0.1) is 0 Å². The quantitative estimate of drug-likeness (QED) is 0.387. The van der Waals surface area contributed by atoms with Crippen LogP contribution < -0.4 is 5.43 Å². The molecule has 0 unspecified atom stereocenters. The van der Waals surface area contributed by atoms with Crippen LogP contribution in [0.15, 0.2) is 47.6 Å². The van der Waals surface area contributed by atoms with Crippen molar-refractivity contribution >= 4 is 12.1 Å². The summed E-state index contributed by atoms with van der Waals surface area (Å²) in [6, 6.07) is 9.64. The van der Waals surface area contributed by atoms with Crippen molar-refractivity contribution in [3.8, 4) is 17.2 Å². The molecule has 1 amide bonds. The minimum atomic E-state index is -0.458. The van der Waals surface area contributed by atoms with Crippen LogP contribution in [0.3, 0.4) is 0 Å². The number of rotatable bonds is 3. The van der Waals surface area contributed by atoms with E-state index in [9.17, 15) is 15.0 Å². The van der Waals surface area contributed by atoms with E-state index in [2.05, 4.69) is 10.5 Å². The molecule has 0 radical (unpaired) electrons. The smallest absolute Gasteiger partial charge is 0.271 e. The summed E-state index contributed by atoms with van der Waals surface area (Å²) in [5.41, 5.74) is 2.88. The van der Waals surface area contributed by atoms with Gasteiger partial charge < -0.3 is 15.3 Å². The van der Waals surface area contributed by atoms with E-state index in [-0.39, 0.29) is 22.8 Å². The number of nitrogens with zero attached hydrogens (tertiary/aromatic N) is 1. The third kappa shape index (κ3) is 3.26. The number of amides is 1. The number of hydrazone groups is 1. The van der Waals surface area contributed by atoms with E-state index in [1.54, 1.807) is 0 Å². The zero-order valence-electron chi connectivity index (χ0n) is 10.3. The molecule has 0 aromatic heterocycles. The zero-order chi connectivity index (χ0) is 14.5. The summed E-state index contributed by atoms with van der Waals surface area (Å²) >= 11 is 0. The second kappa shape index (κ2) is 5.75. The van der Waals surface area contributed by atoms with Gasteiger partial charge in [-0.2, -0.15) is 5.10 Å². The highest BCUT2D eigenvalue weighted by atomic mass is 16.3. The summed E-state index contributed by atoms with van der Waals surface area (Å²) in [6.07, 6.45) is 1.22. The number of carbonyl (C=O) groups is 1. The Labute approximate surface area is 114 Å². The monoisotopic (exact) mass is 272 g/mol. The fourth-order valence-corrected chi connectivity index (χ4v) is 1.48. The van der Waals surface area contributed by atoms with Gasteiger partial charge in [0.15, 0.2) is 0 Å². The van der Waals surface area contributed by atoms with E-state index >= 15 is 0 Å². The largest absolute Gasteiger partial charge is 0.508 e. The van der Waals surface area contributed by atoms with Gasteiger partial charge in [0, 0.05) is 11.1 Å². The summed E-state index contributed by atoms with van der Waals surface area (Å²) in [7, 11) is 0. The zero-order valence-corrected chi connectivity index (χ0v) is 10.3. The molecule has 20 heavy (non-hydrogen) atoms. The molecule has 2 rings (SSSR count). The molecule has 0 aliphatic rings. The number of carbonyl (C=O) groups excluding carboxylic acids is 1. The second-order valence-corrected chi connectivity index (χ2v) is 3.99. The molecule has 0 saturated heterocycles. The van der Waals surface area contributed by atoms with Gasteiger partial charge in [0.25, 0.3) is 5.91 Å². The maximum Gasteiger partial charge on any atom is 0.271 e. The minimum Gasteiger partial charge on any atom is -0.508 e. The normalized spacial score (nSPS) is 10.6. The van der Waals surface area contributed by atoms with Gasteiger partial charge in [0.1, 0.15) is 17.2 Å². The molecule has 0 bridgehead atoms. The van der Waals surface area contributed by atoms with E-state index in [1.165, 1.54) is 48.7 Å². The van der Waals surface area contributed by atoms with Gasteiger partial charge in [-0.15, -0.1) is 0 Å². The van der Waals surface area contributed by atoms with Crippen molar-refractivity contribution in [2.24, 2.45) is 5.10 Å². The number of hydrogen-bond donors (Lipinski definition) is 4. The van der Waals surface area contributed by atoms with E-state index in [0.717, 1.165) is 0 Å². The first-order valence-electron chi connectivity index (χ1n) is 5.70. The van der Waals surface area contributed by atoms with Crippen molar-refractivity contribution in [2.75, 3.05) is 0 Å². The van der Waals surface area contributed by atoms with Gasteiger partial charge in [-0.3, -0.25) is 4.79 Å². The van der Waals surface area contributed by atoms with Gasteiger partial charge in [0.05, 0.1) is 6.21 Å². The van der Waals surface area contributed by atoms with Crippen LogP contribution in [0.1, 0.15) is 15.9 Å². The van der Waals surface area contributed by atoms with Crippen LogP contribution in [0.25, 0.3) is 0 Å². The first-order valence-corrected chi connectivity index (χ1v) is 5.70. The lowest BCUT2D eigenvalue weighted by Crippen LogP contribution is -2.17. The molecule has 0 heterocycles. The van der Waals surface area contributed by atoms with E-state index in [0.29, 0.717) is 5.56 Å². The lowest BCUT2D eigenvalue weighted by Gasteiger charge is -2.01. The molecule has 0 saturated carbocycles. The molecule has 6 nitrogen and oxygen atoms in total. The van der Waals surface area contributed by atoms with Gasteiger partial charge in [-0.25, -0.2) is 5.43 Å². The Kier molecular flexibility index (Phi) is 3.85. The molecular formula is C14H12N2O4. The number of nitrogens with one attached hydrogen (secondary N) is 1. The molecule has 102 valence electrons. The Balaban J connectivity index is 2.04. The third-order valence-electron chi connectivity index (χ3n) is 2.51. The number of phenols is 3. The standard InChI is InChI=1S/C14H12N2O4/c17-11-3-1-9(2-4-11)14(20)16-15-8-10-7-12(18)5-6-13(10)19/h1-8,17-19H,(H,16,20)/b15-8-. The van der Waals surface area contributed by atoms with E-state index in [1.807, 2.05) is 0 Å². The summed E-state index contributed by atoms with van der Waals surface area (Å²) in [5.74, 6) is -0.477. The van der Waals surface area contributed by atoms with Crippen molar-refractivity contribution in [3.63, 3.8) is 0 Å². The summed E-state index contributed by atoms with van der Waals surface area (Å²) in [5, 5.41) is 31.6. The summed E-state index contributed by atoms with van der Waals surface area (Å²) in [6.45, 7) is 0. The molecule has 4 N–H and O–H groups in total. The lowest BCUT2D eigenvalue weighted by molar-refractivity contribution is 0.0955. The molecule has 0 aliphatic heterocycles. The summed E-state index contributed by atoms with van der Waals surface area (Å²) < 4.78 is 0. The van der Waals surface area contributed by atoms with Gasteiger partial charge >= 0.3 is 0 Å². The topological polar surface area (TPSA) is 102 Å². The number of benzene rings is 2. The molecule has 0 atom stereocenters. The highest BCUT2D eigenvalue weighted by Gasteiger charge is 2.04. The van der Waals surface area contributed by atoms with Crippen molar-refractivity contribution < 1.29 is 20.1 Å². The molecule has 0 fully saturated rings. The number of hydrogen-bond acceptors (Lipinski definition) is 5. The van der Waals surface area contributed by atoms with E-state index < -0.39 is 5.91 Å². The van der Waals surface area contributed by atoms with Crippen LogP contribution in [0.2, 0.25) is 0 Å². The maximum absolute atomic E-state index is 11.7. The fraction of sp³-hybridized carbons (Fsp3) is 0. The SMILES string of the molecule is O=C(N/N=C\c1cc(O)ccc1O)c1ccc(O)cc1. The van der Waals surface area contributed by atoms with Gasteiger partial charge in [-0.1, -0.05) is 0 Å². The molecule has 2 aromatic carbocycles. The fourth-order valence-electron chi connectivity index (χ4n) is 1.48. The summed E-state index contributed by atoms with van der Waals surface area (Å²) in [4.78, 5) is 11.7. The molecule has 0 aliphatic carbocycles. The lowest BCUT2D eigenvalue weighted by atomic mass is 10.2. The van der Waals surface area contributed by atoms with Crippen molar-refractivity contribution in [1.29, 1.82) is 0 Å². The van der Waals surface area contributed by atoms with Crippen LogP contribution in [0.4, 0.5) is 0 Å². The average Bonchev–Trinajstić information content (AvgIpc) is 2.43. The van der Waals surface area contributed by atoms with E-state index in [4.69, 9.17) is 5.11 Å². The number of aromatic hydroxyl groups is 3. The van der Waals surface area contributed by atoms with Crippen LogP contribution in [0.5, 0.6) is 17.2 Å². The van der Waals surface area contributed by atoms with Crippen LogP contribution >= 0.6 is 0 Å². The maximum atomic E-state index is 11.7. The Morgan fingerprint density at radius 2 is 1.65 bits per heavy atom. The number of phenolic OH excluding ortho intramolecular Hbond substituents is 3. The van der Waals surface area contributed by atoms with Gasteiger partial charge in [-0.05, 0) is 42.5 Å². The van der Waals surface area contributed by atoms with Crippen molar-refractivity contribution in [1.82, 2.24) is 5.43 Å². The van der Waals surface area contributed by atoms with Gasteiger partial charge in [0.2, 0.25) is 0 Å². The first kappa shape index (κ1) is 13.4. The first-order chi connectivity index (χ1) is 9.56. The van der Waals surface area contributed by atoms with Crippen LogP contribution in [-0.2, 0) is 0 Å². The Morgan fingerprint density at radius 1 is 1.00 bits per heavy atom. The highest BCUT2D eigenvalue weighted by molar-refractivity contribution is 5.95. The van der Waals surface area contributed by atoms with Crippen molar-refractivity contribution in [2.45, 2.75) is 0 Å². The average molecular weight is 272 g/mol. The molecule has 6 heteroatoms. The predicted octanol–water partition coefficient (Wildman–Crippen LogP) is 1.57. The molecule has 0 spiro atoms. The second-order valence-electron chi connectivity index (χ2n) is 3.99. The Hall–Kier alpha value is -3.02. The Bertz CT molecular complexity index is 651.